The van der Waals surface area contributed by atoms with Gasteiger partial charge in [-0.1, -0.05) is 30.3 Å². The molecule has 8 heteroatoms. The number of carbonyl (C=O) groups is 1. The van der Waals surface area contributed by atoms with E-state index in [1.165, 1.54) is 16.0 Å². The molecule has 4 aliphatic heterocycles. The third kappa shape index (κ3) is 5.51. The van der Waals surface area contributed by atoms with E-state index in [2.05, 4.69) is 42.8 Å². The molecule has 0 aliphatic carbocycles. The minimum atomic E-state index is -0.172. The van der Waals surface area contributed by atoms with E-state index in [0.717, 1.165) is 24.2 Å². The molecule has 2 aromatic rings. The van der Waals surface area contributed by atoms with Crippen molar-refractivity contribution in [3.8, 4) is 0 Å². The third-order valence-corrected chi connectivity index (χ3v) is 7.64. The topological polar surface area (TPSA) is 65.0 Å². The lowest BCUT2D eigenvalue weighted by Gasteiger charge is -2.44. The van der Waals surface area contributed by atoms with E-state index in [0.29, 0.717) is 25.3 Å². The number of hydrazine groups is 1. The molecule has 1 amide bonds. The van der Waals surface area contributed by atoms with Gasteiger partial charge < -0.3 is 14.7 Å². The molecule has 2 atom stereocenters. The number of thioether (sulfide) groups is 1. The van der Waals surface area contributed by atoms with Gasteiger partial charge in [-0.05, 0) is 54.7 Å². The number of halogens is 1. The van der Waals surface area contributed by atoms with E-state index in [-0.39, 0.29) is 29.7 Å². The van der Waals surface area contributed by atoms with Gasteiger partial charge in [0.1, 0.15) is 17.7 Å². The maximum Gasteiger partial charge on any atom is 0.277 e. The first-order valence-electron chi connectivity index (χ1n) is 12.0. The molecule has 0 radical (unpaired) electrons. The standard InChI is InChI=1S/C14H11FS.C12H17N3O3.C2H4/c15-13-6-5-10-7-11-3-1-2-4-14(11)16-9-12(10)8-13;1-8-4-6-18-7-10-13-14-5-2-3-9(16)11(14)12(17)15(8)10;1-2/h1-6,8H,7,9H2;2,5,8,10,13,16H,3-4,6-7H2,1H3;1-2H2/t;8-,10-;/m.0./s1. The van der Waals surface area contributed by atoms with Gasteiger partial charge in [-0.3, -0.25) is 9.80 Å². The maximum atomic E-state index is 13.1. The highest BCUT2D eigenvalue weighted by Crippen LogP contribution is 2.33. The van der Waals surface area contributed by atoms with Gasteiger partial charge in [0.2, 0.25) is 0 Å². The van der Waals surface area contributed by atoms with Gasteiger partial charge in [0.05, 0.1) is 6.61 Å². The van der Waals surface area contributed by atoms with E-state index in [1.54, 1.807) is 40.0 Å². The van der Waals surface area contributed by atoms with Gasteiger partial charge in [0, 0.05) is 35.9 Å². The zero-order chi connectivity index (χ0) is 25.7. The number of nitrogens with zero attached hydrogens (tertiary/aromatic N) is 2. The summed E-state index contributed by atoms with van der Waals surface area (Å²) in [5, 5.41) is 11.5. The summed E-state index contributed by atoms with van der Waals surface area (Å²) >= 11 is 1.79. The zero-order valence-electron chi connectivity index (χ0n) is 20.5. The Morgan fingerprint density at radius 3 is 2.81 bits per heavy atom. The summed E-state index contributed by atoms with van der Waals surface area (Å²) in [4.78, 5) is 15.6. The maximum absolute atomic E-state index is 13.1. The highest BCUT2D eigenvalue weighted by molar-refractivity contribution is 7.98. The Hall–Kier alpha value is -3.07. The van der Waals surface area contributed by atoms with Crippen molar-refractivity contribution in [3.05, 3.63) is 102 Å². The van der Waals surface area contributed by atoms with Crippen molar-refractivity contribution in [2.45, 2.75) is 49.0 Å². The number of rotatable bonds is 0. The molecule has 0 spiro atoms. The van der Waals surface area contributed by atoms with Gasteiger partial charge in [0.25, 0.3) is 5.91 Å². The van der Waals surface area contributed by atoms with E-state index in [9.17, 15) is 14.3 Å². The van der Waals surface area contributed by atoms with Gasteiger partial charge in [0.15, 0.2) is 5.70 Å². The van der Waals surface area contributed by atoms with E-state index < -0.39 is 0 Å². The lowest BCUT2D eigenvalue weighted by molar-refractivity contribution is -0.141. The molecule has 4 aliphatic rings. The summed E-state index contributed by atoms with van der Waals surface area (Å²) in [5.41, 5.74) is 7.25. The predicted molar refractivity (Wildman–Crippen MR) is 140 cm³/mol. The Balaban J connectivity index is 0.000000159. The Labute approximate surface area is 216 Å². The molecular formula is C28H32FN3O3S. The number of aliphatic hydroxyl groups excluding tert-OH is 1. The van der Waals surface area contributed by atoms with Crippen LogP contribution in [0.1, 0.15) is 36.5 Å². The highest BCUT2D eigenvalue weighted by atomic mass is 32.2. The van der Waals surface area contributed by atoms with Crippen LogP contribution in [-0.2, 0) is 21.7 Å². The average Bonchev–Trinajstić information content (AvgIpc) is 3.19. The molecule has 0 bridgehead atoms. The number of benzene rings is 2. The number of amides is 1. The van der Waals surface area contributed by atoms with Crippen LogP contribution in [0.25, 0.3) is 0 Å². The Morgan fingerprint density at radius 2 is 1.97 bits per heavy atom. The molecule has 4 heterocycles. The Morgan fingerprint density at radius 1 is 1.17 bits per heavy atom. The average molecular weight is 510 g/mol. The zero-order valence-corrected chi connectivity index (χ0v) is 21.3. The van der Waals surface area contributed by atoms with Crippen LogP contribution < -0.4 is 5.43 Å². The van der Waals surface area contributed by atoms with Gasteiger partial charge in [-0.15, -0.1) is 24.9 Å². The van der Waals surface area contributed by atoms with Crippen molar-refractivity contribution >= 4 is 17.7 Å². The summed E-state index contributed by atoms with van der Waals surface area (Å²) in [7, 11) is 0. The minimum Gasteiger partial charge on any atom is -0.510 e. The molecule has 6 nitrogen and oxygen atoms in total. The van der Waals surface area contributed by atoms with Crippen molar-refractivity contribution in [3.63, 3.8) is 0 Å². The van der Waals surface area contributed by atoms with Crippen LogP contribution in [0.3, 0.4) is 0 Å². The Kier molecular flexibility index (Phi) is 8.51. The van der Waals surface area contributed by atoms with Crippen molar-refractivity contribution in [1.82, 2.24) is 15.3 Å². The van der Waals surface area contributed by atoms with Crippen molar-refractivity contribution in [2.24, 2.45) is 0 Å². The van der Waals surface area contributed by atoms with Crippen LogP contribution in [0, 0.1) is 5.82 Å². The summed E-state index contributed by atoms with van der Waals surface area (Å²) < 4.78 is 18.7. The fourth-order valence-corrected chi connectivity index (χ4v) is 5.75. The van der Waals surface area contributed by atoms with Gasteiger partial charge in [-0.2, -0.15) is 0 Å². The minimum absolute atomic E-state index is 0.103. The van der Waals surface area contributed by atoms with Crippen molar-refractivity contribution < 1.29 is 19.0 Å². The number of nitrogens with one attached hydrogen (secondary N) is 1. The molecule has 2 N–H and O–H groups in total. The second-order valence-electron chi connectivity index (χ2n) is 8.81. The summed E-state index contributed by atoms with van der Waals surface area (Å²) in [6.45, 7) is 9.13. The molecule has 0 saturated carbocycles. The lowest BCUT2D eigenvalue weighted by atomic mass is 10.0. The van der Waals surface area contributed by atoms with E-state index in [1.807, 2.05) is 19.1 Å². The lowest BCUT2D eigenvalue weighted by Crippen LogP contribution is -2.64. The molecule has 190 valence electrons. The highest BCUT2D eigenvalue weighted by Gasteiger charge is 2.41. The smallest absolute Gasteiger partial charge is 0.277 e. The van der Waals surface area contributed by atoms with Crippen molar-refractivity contribution in [1.29, 1.82) is 0 Å². The van der Waals surface area contributed by atoms with Crippen LogP contribution >= 0.6 is 11.8 Å². The number of allylic oxidation sites excluding steroid dienone is 1. The number of hydrogen-bond acceptors (Lipinski definition) is 6. The molecule has 36 heavy (non-hydrogen) atoms. The molecular weight excluding hydrogens is 477 g/mol. The summed E-state index contributed by atoms with van der Waals surface area (Å²) in [6.07, 6.45) is 5.56. The number of ether oxygens (including phenoxy) is 1. The molecule has 2 aromatic carbocycles. The van der Waals surface area contributed by atoms with Gasteiger partial charge in [-0.25, -0.2) is 9.82 Å². The van der Waals surface area contributed by atoms with Crippen LogP contribution in [-0.4, -0.2) is 46.3 Å². The quantitative estimate of drug-likeness (QED) is 0.471. The molecule has 0 aromatic heterocycles. The van der Waals surface area contributed by atoms with Crippen LogP contribution in [0.4, 0.5) is 4.39 Å². The van der Waals surface area contributed by atoms with Crippen LogP contribution in [0.5, 0.6) is 0 Å². The second-order valence-corrected chi connectivity index (χ2v) is 9.83. The van der Waals surface area contributed by atoms with Crippen LogP contribution in [0.15, 0.2) is 84.3 Å². The third-order valence-electron chi connectivity index (χ3n) is 6.48. The molecule has 2 saturated heterocycles. The van der Waals surface area contributed by atoms with Crippen LogP contribution in [0.2, 0.25) is 0 Å². The molecule has 2 fully saturated rings. The van der Waals surface area contributed by atoms with E-state index in [4.69, 9.17) is 4.74 Å². The fourth-order valence-electron chi connectivity index (χ4n) is 4.67. The first-order valence-corrected chi connectivity index (χ1v) is 13.0. The molecule has 0 unspecified atom stereocenters. The SMILES string of the molecule is C=C.C[C@H]1CCOC[C@H]2NN3C=CCC(O)=C3C(=O)N12.Fc1ccc2c(c1)CSc1ccccc1C2. The number of aliphatic hydroxyl groups is 1. The summed E-state index contributed by atoms with van der Waals surface area (Å²) in [6, 6.07) is 13.6. The normalized spacial score (nSPS) is 22.3. The first kappa shape index (κ1) is 26.0. The van der Waals surface area contributed by atoms with E-state index >= 15 is 0 Å². The number of hydrogen-bond donors (Lipinski definition) is 2. The fraction of sp³-hybridized carbons (Fsp3) is 0.321. The largest absolute Gasteiger partial charge is 0.510 e. The number of fused-ring (bicyclic) bond motifs is 4. The first-order chi connectivity index (χ1) is 17.5. The predicted octanol–water partition coefficient (Wildman–Crippen LogP) is 5.28. The molecule has 6 rings (SSSR count). The Bertz CT molecular complexity index is 1170. The van der Waals surface area contributed by atoms with Crippen molar-refractivity contribution in [2.75, 3.05) is 13.2 Å². The van der Waals surface area contributed by atoms with Gasteiger partial charge >= 0.3 is 0 Å². The second kappa shape index (κ2) is 11.8. The monoisotopic (exact) mass is 509 g/mol. The summed E-state index contributed by atoms with van der Waals surface area (Å²) in [5.74, 6) is 0.721. The number of carbonyl (C=O) groups excluding carboxylic acids is 1.